The van der Waals surface area contributed by atoms with Gasteiger partial charge in [-0.25, -0.2) is 9.37 Å². The van der Waals surface area contributed by atoms with E-state index in [-0.39, 0.29) is 5.82 Å². The van der Waals surface area contributed by atoms with E-state index in [1.54, 1.807) is 31.4 Å². The Morgan fingerprint density at radius 3 is 2.22 bits per heavy atom. The van der Waals surface area contributed by atoms with E-state index in [0.29, 0.717) is 5.15 Å². The average molecular weight is 335 g/mol. The normalized spacial score (nSPS) is 11.3. The minimum Gasteiger partial charge on any atom is -0.356 e. The lowest BCUT2D eigenvalue weighted by molar-refractivity contribution is 0.626. The van der Waals surface area contributed by atoms with Gasteiger partial charge < -0.3 is 10.6 Å². The molecule has 0 spiro atoms. The van der Waals surface area contributed by atoms with Crippen molar-refractivity contribution >= 4 is 17.6 Å². The summed E-state index contributed by atoms with van der Waals surface area (Å²) in [6.07, 6.45) is 3.42. The highest BCUT2D eigenvalue weighted by molar-refractivity contribution is 6.29. The lowest BCUT2D eigenvalue weighted by Gasteiger charge is -2.12. The van der Waals surface area contributed by atoms with E-state index in [9.17, 15) is 4.39 Å². The molecule has 0 saturated carbocycles. The molecule has 6 heteroatoms. The van der Waals surface area contributed by atoms with Crippen molar-refractivity contribution in [3.05, 3.63) is 64.7 Å². The van der Waals surface area contributed by atoms with Crippen molar-refractivity contribution in [2.45, 2.75) is 12.8 Å². The fourth-order valence-electron chi connectivity index (χ4n) is 2.08. The van der Waals surface area contributed by atoms with Crippen LogP contribution >= 0.6 is 11.6 Å². The van der Waals surface area contributed by atoms with Crippen molar-refractivity contribution in [3.8, 4) is 0 Å². The van der Waals surface area contributed by atoms with Gasteiger partial charge in [0.15, 0.2) is 5.96 Å². The summed E-state index contributed by atoms with van der Waals surface area (Å²) in [7, 11) is 1.73. The standard InChI is InChI=1S/C17H20ClFN4/c1-20-17(21-10-8-13-2-5-15(19)6-3-13)22-11-9-14-4-7-16(18)23-12-14/h2-7,12H,8-11H2,1H3,(H2,20,21,22). The summed E-state index contributed by atoms with van der Waals surface area (Å²) in [5, 5.41) is 6.98. The highest BCUT2D eigenvalue weighted by atomic mass is 35.5. The maximum atomic E-state index is 12.8. The summed E-state index contributed by atoms with van der Waals surface area (Å²) in [6, 6.07) is 10.3. The molecule has 0 radical (unpaired) electrons. The molecular weight excluding hydrogens is 315 g/mol. The van der Waals surface area contributed by atoms with Gasteiger partial charge in [-0.3, -0.25) is 4.99 Å². The molecule has 122 valence electrons. The third kappa shape index (κ3) is 6.24. The zero-order valence-electron chi connectivity index (χ0n) is 13.0. The third-order valence-corrected chi connectivity index (χ3v) is 3.56. The quantitative estimate of drug-likeness (QED) is 0.485. The minimum atomic E-state index is -0.212. The van der Waals surface area contributed by atoms with Crippen LogP contribution in [0.1, 0.15) is 11.1 Å². The molecule has 0 saturated heterocycles. The number of nitrogens with one attached hydrogen (secondary N) is 2. The first-order valence-electron chi connectivity index (χ1n) is 7.47. The van der Waals surface area contributed by atoms with Crippen LogP contribution in [0.15, 0.2) is 47.6 Å². The molecule has 0 atom stereocenters. The van der Waals surface area contributed by atoms with E-state index in [1.165, 1.54) is 12.1 Å². The highest BCUT2D eigenvalue weighted by Crippen LogP contribution is 2.05. The number of nitrogens with zero attached hydrogens (tertiary/aromatic N) is 2. The van der Waals surface area contributed by atoms with Crippen LogP contribution < -0.4 is 10.6 Å². The first-order chi connectivity index (χ1) is 11.2. The summed E-state index contributed by atoms with van der Waals surface area (Å²) in [4.78, 5) is 8.23. The SMILES string of the molecule is CN=C(NCCc1ccc(F)cc1)NCCc1ccc(Cl)nc1. The lowest BCUT2D eigenvalue weighted by atomic mass is 10.1. The first kappa shape index (κ1) is 17.2. The van der Waals surface area contributed by atoms with E-state index in [1.807, 2.05) is 6.07 Å². The maximum absolute atomic E-state index is 12.8. The van der Waals surface area contributed by atoms with Crippen molar-refractivity contribution in [3.63, 3.8) is 0 Å². The smallest absolute Gasteiger partial charge is 0.190 e. The van der Waals surface area contributed by atoms with Gasteiger partial charge in [0, 0.05) is 26.3 Å². The fraction of sp³-hybridized carbons (Fsp3) is 0.294. The van der Waals surface area contributed by atoms with Crippen LogP contribution in [-0.4, -0.2) is 31.1 Å². The van der Waals surface area contributed by atoms with Crippen molar-refractivity contribution < 1.29 is 4.39 Å². The number of hydrogen-bond acceptors (Lipinski definition) is 2. The molecule has 23 heavy (non-hydrogen) atoms. The van der Waals surface area contributed by atoms with Gasteiger partial charge in [0.25, 0.3) is 0 Å². The highest BCUT2D eigenvalue weighted by Gasteiger charge is 1.99. The Morgan fingerprint density at radius 2 is 1.65 bits per heavy atom. The van der Waals surface area contributed by atoms with E-state index in [0.717, 1.165) is 43.0 Å². The maximum Gasteiger partial charge on any atom is 0.190 e. The number of aliphatic imine (C=N–C) groups is 1. The number of rotatable bonds is 6. The molecule has 0 aliphatic rings. The predicted octanol–water partition coefficient (Wildman–Crippen LogP) is 2.82. The largest absolute Gasteiger partial charge is 0.356 e. The molecule has 0 fully saturated rings. The Bertz CT molecular complexity index is 573. The van der Waals surface area contributed by atoms with Crippen molar-refractivity contribution in [1.29, 1.82) is 0 Å². The fourth-order valence-corrected chi connectivity index (χ4v) is 2.19. The van der Waals surface area contributed by atoms with Gasteiger partial charge in [-0.2, -0.15) is 0 Å². The predicted molar refractivity (Wildman–Crippen MR) is 92.4 cm³/mol. The van der Waals surface area contributed by atoms with Crippen molar-refractivity contribution in [2.24, 2.45) is 4.99 Å². The Hall–Kier alpha value is -2.14. The number of halogens is 2. The molecule has 1 heterocycles. The molecule has 2 N–H and O–H groups in total. The number of benzene rings is 1. The Labute approximate surface area is 140 Å². The molecule has 2 rings (SSSR count). The van der Waals surface area contributed by atoms with Gasteiger partial charge in [-0.05, 0) is 42.2 Å². The summed E-state index contributed by atoms with van der Waals surface area (Å²) in [6.45, 7) is 1.48. The lowest BCUT2D eigenvalue weighted by Crippen LogP contribution is -2.39. The molecule has 0 aliphatic carbocycles. The van der Waals surface area contributed by atoms with Gasteiger partial charge in [-0.15, -0.1) is 0 Å². The zero-order chi connectivity index (χ0) is 16.5. The Kier molecular flexibility index (Phi) is 6.81. The van der Waals surface area contributed by atoms with Crippen LogP contribution in [0.5, 0.6) is 0 Å². The number of aromatic nitrogens is 1. The van der Waals surface area contributed by atoms with E-state index >= 15 is 0 Å². The summed E-state index contributed by atoms with van der Waals surface area (Å²) in [5.74, 6) is 0.532. The van der Waals surface area contributed by atoms with Gasteiger partial charge in [-0.1, -0.05) is 29.8 Å². The van der Waals surface area contributed by atoms with Crippen LogP contribution in [0, 0.1) is 5.82 Å². The van der Waals surface area contributed by atoms with Gasteiger partial charge >= 0.3 is 0 Å². The Morgan fingerprint density at radius 1 is 1.04 bits per heavy atom. The van der Waals surface area contributed by atoms with Crippen LogP contribution in [0.25, 0.3) is 0 Å². The number of guanidine groups is 1. The van der Waals surface area contributed by atoms with Crippen molar-refractivity contribution in [1.82, 2.24) is 15.6 Å². The summed E-state index contributed by atoms with van der Waals surface area (Å²) >= 11 is 5.76. The molecule has 1 aromatic heterocycles. The van der Waals surface area contributed by atoms with Gasteiger partial charge in [0.1, 0.15) is 11.0 Å². The van der Waals surface area contributed by atoms with Gasteiger partial charge in [0.05, 0.1) is 0 Å². The average Bonchev–Trinajstić information content (AvgIpc) is 2.57. The number of pyridine rings is 1. The second kappa shape index (κ2) is 9.10. The van der Waals surface area contributed by atoms with Crippen LogP contribution in [-0.2, 0) is 12.8 Å². The van der Waals surface area contributed by atoms with Gasteiger partial charge in [0.2, 0.25) is 0 Å². The minimum absolute atomic E-state index is 0.212. The van der Waals surface area contributed by atoms with Crippen LogP contribution in [0.2, 0.25) is 5.15 Å². The first-order valence-corrected chi connectivity index (χ1v) is 7.84. The topological polar surface area (TPSA) is 49.3 Å². The molecule has 0 amide bonds. The molecular formula is C17H20ClFN4. The van der Waals surface area contributed by atoms with Crippen molar-refractivity contribution in [2.75, 3.05) is 20.1 Å². The third-order valence-electron chi connectivity index (χ3n) is 3.34. The van der Waals surface area contributed by atoms with E-state index < -0.39 is 0 Å². The molecule has 0 aliphatic heterocycles. The Balaban J connectivity index is 1.69. The van der Waals surface area contributed by atoms with E-state index in [2.05, 4.69) is 20.6 Å². The molecule has 0 unspecified atom stereocenters. The van der Waals surface area contributed by atoms with Crippen LogP contribution in [0.3, 0.4) is 0 Å². The number of hydrogen-bond donors (Lipinski definition) is 2. The molecule has 2 aromatic rings. The van der Waals surface area contributed by atoms with Crippen LogP contribution in [0.4, 0.5) is 4.39 Å². The molecule has 1 aromatic carbocycles. The molecule has 0 bridgehead atoms. The zero-order valence-corrected chi connectivity index (χ0v) is 13.8. The molecule has 4 nitrogen and oxygen atoms in total. The summed E-state index contributed by atoms with van der Waals surface area (Å²) in [5.41, 5.74) is 2.20. The second-order valence-corrected chi connectivity index (χ2v) is 5.43. The summed E-state index contributed by atoms with van der Waals surface area (Å²) < 4.78 is 12.8. The second-order valence-electron chi connectivity index (χ2n) is 5.04. The monoisotopic (exact) mass is 334 g/mol. The van der Waals surface area contributed by atoms with E-state index in [4.69, 9.17) is 11.6 Å².